The first-order valence-corrected chi connectivity index (χ1v) is 9.29. The highest BCUT2D eigenvalue weighted by atomic mass is 127. The van der Waals surface area contributed by atoms with Gasteiger partial charge in [0.1, 0.15) is 5.82 Å². The SMILES string of the molecule is CN=C(NCCCN1CCCC(C(N)=O)C1)NCCc1ccccc1F.I. The zero-order valence-corrected chi connectivity index (χ0v) is 18.2. The monoisotopic (exact) mass is 491 g/mol. The van der Waals surface area contributed by atoms with Crippen LogP contribution < -0.4 is 16.4 Å². The average Bonchev–Trinajstić information content (AvgIpc) is 2.65. The van der Waals surface area contributed by atoms with Gasteiger partial charge in [-0.25, -0.2) is 4.39 Å². The molecule has 1 atom stereocenters. The Balaban J connectivity index is 0.00000364. The minimum Gasteiger partial charge on any atom is -0.369 e. The van der Waals surface area contributed by atoms with Crippen LogP contribution in [0.3, 0.4) is 0 Å². The third kappa shape index (κ3) is 8.42. The third-order valence-corrected chi connectivity index (χ3v) is 4.72. The van der Waals surface area contributed by atoms with Crippen molar-refractivity contribution in [1.82, 2.24) is 15.5 Å². The Morgan fingerprint density at radius 2 is 2.07 bits per heavy atom. The number of rotatable bonds is 8. The predicted octanol–water partition coefficient (Wildman–Crippen LogP) is 1.74. The van der Waals surface area contributed by atoms with Crippen LogP contribution >= 0.6 is 24.0 Å². The molecule has 8 heteroatoms. The van der Waals surface area contributed by atoms with Gasteiger partial charge in [-0.05, 0) is 50.4 Å². The van der Waals surface area contributed by atoms with Crippen molar-refractivity contribution < 1.29 is 9.18 Å². The van der Waals surface area contributed by atoms with Crippen LogP contribution in [0, 0.1) is 11.7 Å². The number of aliphatic imine (C=N–C) groups is 1. The number of amides is 1. The van der Waals surface area contributed by atoms with Gasteiger partial charge in [-0.1, -0.05) is 18.2 Å². The normalized spacial score (nSPS) is 17.9. The molecule has 2 rings (SSSR count). The summed E-state index contributed by atoms with van der Waals surface area (Å²) in [5.74, 6) is 0.347. The fourth-order valence-corrected chi connectivity index (χ4v) is 3.24. The van der Waals surface area contributed by atoms with E-state index in [-0.39, 0.29) is 41.6 Å². The minimum atomic E-state index is -0.188. The van der Waals surface area contributed by atoms with Crippen LogP contribution in [0.2, 0.25) is 0 Å². The van der Waals surface area contributed by atoms with E-state index in [0.717, 1.165) is 51.4 Å². The van der Waals surface area contributed by atoms with Gasteiger partial charge in [0.05, 0.1) is 5.92 Å². The van der Waals surface area contributed by atoms with Gasteiger partial charge in [-0.3, -0.25) is 9.79 Å². The van der Waals surface area contributed by atoms with Crippen LogP contribution in [0.1, 0.15) is 24.8 Å². The number of nitrogens with one attached hydrogen (secondary N) is 2. The summed E-state index contributed by atoms with van der Waals surface area (Å²) in [6.45, 7) is 4.14. The molecule has 1 saturated heterocycles. The van der Waals surface area contributed by atoms with Gasteiger partial charge < -0.3 is 21.3 Å². The maximum atomic E-state index is 13.6. The predicted molar refractivity (Wildman–Crippen MR) is 118 cm³/mol. The number of carbonyl (C=O) groups excluding carboxylic acids is 1. The number of nitrogens with zero attached hydrogens (tertiary/aromatic N) is 2. The second kappa shape index (κ2) is 12.9. The van der Waals surface area contributed by atoms with Crippen molar-refractivity contribution in [2.75, 3.05) is 39.8 Å². The Hall–Kier alpha value is -1.42. The number of halogens is 2. The molecule has 0 saturated carbocycles. The third-order valence-electron chi connectivity index (χ3n) is 4.72. The Bertz CT molecular complexity index is 614. The van der Waals surface area contributed by atoms with E-state index < -0.39 is 0 Å². The second-order valence-corrected chi connectivity index (χ2v) is 6.66. The van der Waals surface area contributed by atoms with Gasteiger partial charge in [-0.15, -0.1) is 24.0 Å². The van der Waals surface area contributed by atoms with Gasteiger partial charge in [0.2, 0.25) is 5.91 Å². The molecule has 1 aromatic rings. The highest BCUT2D eigenvalue weighted by molar-refractivity contribution is 14.0. The average molecular weight is 491 g/mol. The molecule has 1 aliphatic rings. The van der Waals surface area contributed by atoms with E-state index in [0.29, 0.717) is 18.5 Å². The van der Waals surface area contributed by atoms with Crippen LogP contribution in [-0.4, -0.2) is 56.5 Å². The van der Waals surface area contributed by atoms with E-state index in [1.165, 1.54) is 6.07 Å². The number of nitrogens with two attached hydrogens (primary N) is 1. The lowest BCUT2D eigenvalue weighted by atomic mass is 9.97. The molecule has 0 aromatic heterocycles. The quantitative estimate of drug-likeness (QED) is 0.224. The first-order valence-electron chi connectivity index (χ1n) is 9.29. The van der Waals surface area contributed by atoms with Crippen LogP contribution in [-0.2, 0) is 11.2 Å². The first kappa shape index (κ1) is 23.6. The molecule has 1 aromatic carbocycles. The Kier molecular flexibility index (Phi) is 11.3. The van der Waals surface area contributed by atoms with Gasteiger partial charge in [-0.2, -0.15) is 0 Å². The number of guanidine groups is 1. The molecular weight excluding hydrogens is 460 g/mol. The fourth-order valence-electron chi connectivity index (χ4n) is 3.24. The zero-order chi connectivity index (χ0) is 18.8. The standard InChI is InChI=1S/C19H30FN5O.HI/c1-22-19(24-11-9-15-6-2-3-8-17(15)20)23-10-5-13-25-12-4-7-16(14-25)18(21)26;/h2-3,6,8,16H,4-5,7,9-14H2,1H3,(H2,21,26)(H2,22,23,24);1H. The molecule has 27 heavy (non-hydrogen) atoms. The van der Waals surface area contributed by atoms with E-state index in [1.807, 2.05) is 6.07 Å². The smallest absolute Gasteiger partial charge is 0.221 e. The van der Waals surface area contributed by atoms with E-state index in [4.69, 9.17) is 5.73 Å². The van der Waals surface area contributed by atoms with Gasteiger partial charge in [0.15, 0.2) is 5.96 Å². The molecule has 0 aliphatic carbocycles. The van der Waals surface area contributed by atoms with Crippen molar-refractivity contribution >= 4 is 35.8 Å². The van der Waals surface area contributed by atoms with Crippen LogP contribution in [0.25, 0.3) is 0 Å². The summed E-state index contributed by atoms with van der Waals surface area (Å²) in [6.07, 6.45) is 3.50. The molecule has 1 aliphatic heterocycles. The molecule has 152 valence electrons. The van der Waals surface area contributed by atoms with Crippen molar-refractivity contribution in [3.63, 3.8) is 0 Å². The maximum absolute atomic E-state index is 13.6. The number of primary amides is 1. The highest BCUT2D eigenvalue weighted by Crippen LogP contribution is 2.15. The number of piperidine rings is 1. The van der Waals surface area contributed by atoms with Crippen molar-refractivity contribution in [2.24, 2.45) is 16.6 Å². The lowest BCUT2D eigenvalue weighted by molar-refractivity contribution is -0.123. The topological polar surface area (TPSA) is 82.8 Å². The molecule has 1 unspecified atom stereocenters. The first-order chi connectivity index (χ1) is 12.6. The van der Waals surface area contributed by atoms with E-state index in [1.54, 1.807) is 19.2 Å². The minimum absolute atomic E-state index is 0. The second-order valence-electron chi connectivity index (χ2n) is 6.66. The number of hydrogen-bond acceptors (Lipinski definition) is 3. The Labute approximate surface area is 178 Å². The van der Waals surface area contributed by atoms with E-state index in [2.05, 4.69) is 20.5 Å². The van der Waals surface area contributed by atoms with Crippen molar-refractivity contribution in [3.05, 3.63) is 35.6 Å². The van der Waals surface area contributed by atoms with Crippen molar-refractivity contribution in [2.45, 2.75) is 25.7 Å². The molecule has 1 amide bonds. The van der Waals surface area contributed by atoms with Crippen LogP contribution in [0.5, 0.6) is 0 Å². The number of hydrogen-bond donors (Lipinski definition) is 3. The molecule has 4 N–H and O–H groups in total. The van der Waals surface area contributed by atoms with Gasteiger partial charge >= 0.3 is 0 Å². The maximum Gasteiger partial charge on any atom is 0.221 e. The number of likely N-dealkylation sites (tertiary alicyclic amines) is 1. The van der Waals surface area contributed by atoms with Crippen molar-refractivity contribution in [1.29, 1.82) is 0 Å². The largest absolute Gasteiger partial charge is 0.369 e. The highest BCUT2D eigenvalue weighted by Gasteiger charge is 2.23. The summed E-state index contributed by atoms with van der Waals surface area (Å²) < 4.78 is 13.6. The lowest BCUT2D eigenvalue weighted by Gasteiger charge is -2.31. The van der Waals surface area contributed by atoms with Crippen LogP contribution in [0.4, 0.5) is 4.39 Å². The summed E-state index contributed by atoms with van der Waals surface area (Å²) in [5.41, 5.74) is 6.11. The molecule has 1 fully saturated rings. The number of carbonyl (C=O) groups is 1. The number of benzene rings is 1. The Morgan fingerprint density at radius 3 is 2.78 bits per heavy atom. The van der Waals surface area contributed by atoms with Crippen LogP contribution in [0.15, 0.2) is 29.3 Å². The van der Waals surface area contributed by atoms with Gasteiger partial charge in [0.25, 0.3) is 0 Å². The fraction of sp³-hybridized carbons (Fsp3) is 0.579. The lowest BCUT2D eigenvalue weighted by Crippen LogP contribution is -2.43. The molecule has 0 bridgehead atoms. The van der Waals surface area contributed by atoms with E-state index in [9.17, 15) is 9.18 Å². The molecule has 1 heterocycles. The van der Waals surface area contributed by atoms with Gasteiger partial charge in [0, 0.05) is 26.7 Å². The summed E-state index contributed by atoms with van der Waals surface area (Å²) in [5, 5.41) is 6.47. The molecule has 0 radical (unpaired) electrons. The summed E-state index contributed by atoms with van der Waals surface area (Å²) in [6, 6.07) is 6.81. The molecule has 6 nitrogen and oxygen atoms in total. The molecular formula is C19H31FIN5O. The Morgan fingerprint density at radius 1 is 1.33 bits per heavy atom. The van der Waals surface area contributed by atoms with Crippen molar-refractivity contribution in [3.8, 4) is 0 Å². The van der Waals surface area contributed by atoms with E-state index >= 15 is 0 Å². The summed E-state index contributed by atoms with van der Waals surface area (Å²) in [4.78, 5) is 17.8. The zero-order valence-electron chi connectivity index (χ0n) is 15.9. The summed E-state index contributed by atoms with van der Waals surface area (Å²) in [7, 11) is 1.72. The molecule has 0 spiro atoms. The summed E-state index contributed by atoms with van der Waals surface area (Å²) >= 11 is 0.